The largest absolute Gasteiger partial charge is 0.384 e. The number of amides is 1. The fraction of sp³-hybridized carbons (Fsp3) is 0.941. The van der Waals surface area contributed by atoms with Crippen LogP contribution in [0.5, 0.6) is 0 Å². The van der Waals surface area contributed by atoms with Crippen LogP contribution < -0.4 is 10.6 Å². The maximum absolute atomic E-state index is 12.7. The van der Waals surface area contributed by atoms with Gasteiger partial charge in [-0.3, -0.25) is 4.79 Å². The first-order chi connectivity index (χ1) is 10.6. The lowest BCUT2D eigenvalue weighted by Gasteiger charge is -2.35. The first-order valence-corrected chi connectivity index (χ1v) is 8.76. The summed E-state index contributed by atoms with van der Waals surface area (Å²) in [5.74, 6) is 1.51. The molecule has 2 aliphatic heterocycles. The molecule has 2 saturated heterocycles. The number of rotatable bonds is 7. The Morgan fingerprint density at radius 1 is 1.41 bits per heavy atom. The quantitative estimate of drug-likeness (QED) is 0.739. The van der Waals surface area contributed by atoms with Crippen molar-refractivity contribution in [2.24, 2.45) is 17.3 Å². The van der Waals surface area contributed by atoms with Gasteiger partial charge in [-0.2, -0.15) is 0 Å². The van der Waals surface area contributed by atoms with Crippen LogP contribution in [0, 0.1) is 17.3 Å². The van der Waals surface area contributed by atoms with Gasteiger partial charge < -0.3 is 20.3 Å². The van der Waals surface area contributed by atoms with Crippen LogP contribution in [0.2, 0.25) is 0 Å². The molecule has 2 N–H and O–H groups in total. The van der Waals surface area contributed by atoms with E-state index in [1.807, 2.05) is 0 Å². The number of methoxy groups -OCH3 is 1. The van der Waals surface area contributed by atoms with Crippen LogP contribution in [-0.4, -0.2) is 63.8 Å². The van der Waals surface area contributed by atoms with Crippen molar-refractivity contribution in [3.05, 3.63) is 0 Å². The molecule has 0 spiro atoms. The monoisotopic (exact) mass is 311 g/mol. The minimum Gasteiger partial charge on any atom is -0.384 e. The number of carbonyl (C=O) groups excluding carboxylic acids is 1. The summed E-state index contributed by atoms with van der Waals surface area (Å²) in [6.45, 7) is 11.1. The van der Waals surface area contributed by atoms with Crippen LogP contribution >= 0.6 is 0 Å². The van der Waals surface area contributed by atoms with Crippen molar-refractivity contribution < 1.29 is 9.53 Å². The predicted molar refractivity (Wildman–Crippen MR) is 88.8 cm³/mol. The Balaban J connectivity index is 1.79. The number of hydrogen-bond donors (Lipinski definition) is 2. The molecule has 1 atom stereocenters. The van der Waals surface area contributed by atoms with Gasteiger partial charge in [-0.05, 0) is 50.7 Å². The van der Waals surface area contributed by atoms with E-state index in [1.165, 1.54) is 19.5 Å². The molecule has 2 aliphatic rings. The van der Waals surface area contributed by atoms with Gasteiger partial charge in [-0.25, -0.2) is 0 Å². The molecule has 1 amide bonds. The fourth-order valence-electron chi connectivity index (χ4n) is 3.80. The topological polar surface area (TPSA) is 53.6 Å². The lowest BCUT2D eigenvalue weighted by atomic mass is 9.78. The van der Waals surface area contributed by atoms with Crippen LogP contribution in [0.4, 0.5) is 0 Å². The second-order valence-corrected chi connectivity index (χ2v) is 7.48. The van der Waals surface area contributed by atoms with E-state index >= 15 is 0 Å². The van der Waals surface area contributed by atoms with Crippen LogP contribution in [-0.2, 0) is 9.53 Å². The van der Waals surface area contributed by atoms with Crippen LogP contribution in [0.3, 0.4) is 0 Å². The first-order valence-electron chi connectivity index (χ1n) is 8.76. The van der Waals surface area contributed by atoms with Gasteiger partial charge in [-0.1, -0.05) is 13.8 Å². The highest BCUT2D eigenvalue weighted by Crippen LogP contribution is 2.29. The molecule has 2 heterocycles. The summed E-state index contributed by atoms with van der Waals surface area (Å²) < 4.78 is 5.34. The van der Waals surface area contributed by atoms with E-state index in [0.29, 0.717) is 18.4 Å². The summed E-state index contributed by atoms with van der Waals surface area (Å²) in [7, 11) is 1.69. The molecule has 0 aliphatic carbocycles. The Morgan fingerprint density at radius 3 is 2.77 bits per heavy atom. The molecular formula is C17H33N3O2. The van der Waals surface area contributed by atoms with Gasteiger partial charge >= 0.3 is 0 Å². The molecule has 0 saturated carbocycles. The third-order valence-electron chi connectivity index (χ3n) is 5.01. The summed E-state index contributed by atoms with van der Waals surface area (Å²) in [4.78, 5) is 15.2. The van der Waals surface area contributed by atoms with E-state index in [0.717, 1.165) is 39.0 Å². The lowest BCUT2D eigenvalue weighted by molar-refractivity contribution is -0.136. The number of ether oxygens (including phenoxy) is 1. The van der Waals surface area contributed by atoms with E-state index in [1.54, 1.807) is 7.11 Å². The van der Waals surface area contributed by atoms with Crippen molar-refractivity contribution in [2.45, 2.75) is 33.1 Å². The number of hydrogen-bond acceptors (Lipinski definition) is 4. The Labute approximate surface area is 135 Å². The normalized spacial score (nSPS) is 25.5. The van der Waals surface area contributed by atoms with E-state index < -0.39 is 0 Å². The Bertz CT molecular complexity index is 348. The molecule has 5 heteroatoms. The molecule has 1 unspecified atom stereocenters. The van der Waals surface area contributed by atoms with E-state index in [-0.39, 0.29) is 11.3 Å². The molecule has 2 rings (SSSR count). The van der Waals surface area contributed by atoms with Crippen molar-refractivity contribution in [1.29, 1.82) is 0 Å². The van der Waals surface area contributed by atoms with Crippen molar-refractivity contribution in [2.75, 3.05) is 53.0 Å². The summed E-state index contributed by atoms with van der Waals surface area (Å²) in [5.41, 5.74) is -0.323. The summed E-state index contributed by atoms with van der Waals surface area (Å²) >= 11 is 0. The van der Waals surface area contributed by atoms with E-state index in [4.69, 9.17) is 4.74 Å². The second kappa shape index (κ2) is 8.27. The van der Waals surface area contributed by atoms with Gasteiger partial charge in [0.15, 0.2) is 0 Å². The fourth-order valence-corrected chi connectivity index (χ4v) is 3.80. The van der Waals surface area contributed by atoms with Crippen molar-refractivity contribution in [1.82, 2.24) is 15.5 Å². The minimum atomic E-state index is -0.323. The average Bonchev–Trinajstić information content (AvgIpc) is 2.92. The van der Waals surface area contributed by atoms with Crippen molar-refractivity contribution >= 4 is 5.91 Å². The molecule has 22 heavy (non-hydrogen) atoms. The van der Waals surface area contributed by atoms with Crippen LogP contribution in [0.15, 0.2) is 0 Å². The second-order valence-electron chi connectivity index (χ2n) is 7.48. The van der Waals surface area contributed by atoms with Crippen LogP contribution in [0.1, 0.15) is 33.1 Å². The van der Waals surface area contributed by atoms with Gasteiger partial charge in [0.2, 0.25) is 5.91 Å². The Kier molecular flexibility index (Phi) is 6.66. The molecule has 0 aromatic rings. The first kappa shape index (κ1) is 17.7. The van der Waals surface area contributed by atoms with E-state index in [2.05, 4.69) is 29.4 Å². The standard InChI is InChI=1S/C17H33N3O2/c1-14(2)11-20-9-4-15(12-20)10-19-16(21)17(13-22-3)5-7-18-8-6-17/h14-15,18H,4-13H2,1-3H3,(H,19,21). The number of nitrogens with one attached hydrogen (secondary N) is 2. The highest BCUT2D eigenvalue weighted by molar-refractivity contribution is 5.83. The maximum Gasteiger partial charge on any atom is 0.228 e. The van der Waals surface area contributed by atoms with Crippen molar-refractivity contribution in [3.63, 3.8) is 0 Å². The number of carbonyl (C=O) groups is 1. The highest BCUT2D eigenvalue weighted by Gasteiger charge is 2.39. The highest BCUT2D eigenvalue weighted by atomic mass is 16.5. The molecule has 0 bridgehead atoms. The number of piperidine rings is 1. The average molecular weight is 311 g/mol. The molecule has 0 aromatic carbocycles. The van der Waals surface area contributed by atoms with Gasteiger partial charge in [0.05, 0.1) is 12.0 Å². The molecule has 5 nitrogen and oxygen atoms in total. The van der Waals surface area contributed by atoms with Gasteiger partial charge in [0.25, 0.3) is 0 Å². The Morgan fingerprint density at radius 2 is 2.14 bits per heavy atom. The zero-order valence-electron chi connectivity index (χ0n) is 14.5. The van der Waals surface area contributed by atoms with Crippen LogP contribution in [0.25, 0.3) is 0 Å². The molecule has 0 radical (unpaired) electrons. The zero-order chi connectivity index (χ0) is 16.0. The molecule has 128 valence electrons. The third-order valence-corrected chi connectivity index (χ3v) is 5.01. The van der Waals surface area contributed by atoms with Gasteiger partial charge in [0, 0.05) is 26.7 Å². The maximum atomic E-state index is 12.7. The Hall–Kier alpha value is -0.650. The van der Waals surface area contributed by atoms with E-state index in [9.17, 15) is 4.79 Å². The summed E-state index contributed by atoms with van der Waals surface area (Å²) in [6.07, 6.45) is 2.94. The SMILES string of the molecule is COCC1(C(=O)NCC2CCN(CC(C)C)C2)CCNCC1. The van der Waals surface area contributed by atoms with Gasteiger partial charge in [-0.15, -0.1) is 0 Å². The number of likely N-dealkylation sites (tertiary alicyclic amines) is 1. The predicted octanol–water partition coefficient (Wildman–Crippen LogP) is 1.10. The van der Waals surface area contributed by atoms with Crippen molar-refractivity contribution in [3.8, 4) is 0 Å². The number of nitrogens with zero attached hydrogens (tertiary/aromatic N) is 1. The molecule has 0 aromatic heterocycles. The summed E-state index contributed by atoms with van der Waals surface area (Å²) in [6, 6.07) is 0. The smallest absolute Gasteiger partial charge is 0.228 e. The lowest BCUT2D eigenvalue weighted by Crippen LogP contribution is -2.51. The third kappa shape index (κ3) is 4.67. The van der Waals surface area contributed by atoms with Gasteiger partial charge in [0.1, 0.15) is 0 Å². The molecule has 2 fully saturated rings. The molecular weight excluding hydrogens is 278 g/mol. The minimum absolute atomic E-state index is 0.193. The zero-order valence-corrected chi connectivity index (χ0v) is 14.5. The summed E-state index contributed by atoms with van der Waals surface area (Å²) in [5, 5.41) is 6.55.